The van der Waals surface area contributed by atoms with Crippen LogP contribution in [0.1, 0.15) is 12.8 Å². The van der Waals surface area contributed by atoms with Crippen LogP contribution in [-0.2, 0) is 4.74 Å². The van der Waals surface area contributed by atoms with E-state index >= 15 is 0 Å². The molecule has 0 bridgehead atoms. The van der Waals surface area contributed by atoms with Gasteiger partial charge in [-0.3, -0.25) is 4.99 Å². The Morgan fingerprint density at radius 3 is 2.79 bits per heavy atom. The van der Waals surface area contributed by atoms with E-state index in [1.165, 1.54) is 0 Å². The van der Waals surface area contributed by atoms with Crippen molar-refractivity contribution in [1.29, 1.82) is 0 Å². The van der Waals surface area contributed by atoms with E-state index in [0.717, 1.165) is 25.2 Å². The molecule has 3 nitrogen and oxygen atoms in total. The van der Waals surface area contributed by atoms with Gasteiger partial charge in [0.1, 0.15) is 6.61 Å². The first-order valence-corrected chi connectivity index (χ1v) is 4.49. The first-order chi connectivity index (χ1) is 6.58. The van der Waals surface area contributed by atoms with Gasteiger partial charge in [0.15, 0.2) is 0 Å². The molecule has 0 fully saturated rings. The van der Waals surface area contributed by atoms with Crippen LogP contribution in [-0.4, -0.2) is 38.3 Å². The maximum atomic E-state index is 11.6. The number of aliphatic imine (C=N–C) groups is 1. The van der Waals surface area contributed by atoms with Gasteiger partial charge < -0.3 is 10.1 Å². The van der Waals surface area contributed by atoms with Gasteiger partial charge in [0.05, 0.1) is 12.4 Å². The molecule has 0 spiro atoms. The van der Waals surface area contributed by atoms with Crippen molar-refractivity contribution in [2.45, 2.75) is 19.0 Å². The minimum Gasteiger partial charge on any atom is -0.372 e. The summed E-state index contributed by atoms with van der Waals surface area (Å²) in [6.45, 7) is 0.0698. The molecule has 14 heavy (non-hydrogen) atoms. The molecule has 0 saturated carbocycles. The fraction of sp³-hybridized carbons (Fsp3) is 0.875. The van der Waals surface area contributed by atoms with Crippen LogP contribution in [0.3, 0.4) is 0 Å². The summed E-state index contributed by atoms with van der Waals surface area (Å²) >= 11 is 0. The lowest BCUT2D eigenvalue weighted by Gasteiger charge is -2.08. The number of hydrogen-bond acceptors (Lipinski definition) is 3. The number of amidine groups is 1. The van der Waals surface area contributed by atoms with E-state index in [-0.39, 0.29) is 6.61 Å². The molecule has 1 aliphatic rings. The predicted molar refractivity (Wildman–Crippen MR) is 46.4 cm³/mol. The smallest absolute Gasteiger partial charge is 0.372 e. The summed E-state index contributed by atoms with van der Waals surface area (Å²) in [4.78, 5) is 4.11. The van der Waals surface area contributed by atoms with Gasteiger partial charge in [-0.15, -0.1) is 0 Å². The van der Waals surface area contributed by atoms with Crippen molar-refractivity contribution < 1.29 is 17.9 Å². The van der Waals surface area contributed by atoms with Gasteiger partial charge in [-0.2, -0.15) is 13.2 Å². The second kappa shape index (κ2) is 5.19. The Balaban J connectivity index is 1.94. The Bertz CT molecular complexity index is 203. The van der Waals surface area contributed by atoms with Crippen molar-refractivity contribution in [2.75, 3.05) is 26.3 Å². The number of nitrogens with zero attached hydrogens (tertiary/aromatic N) is 1. The first kappa shape index (κ1) is 11.3. The highest BCUT2D eigenvalue weighted by Crippen LogP contribution is 2.13. The van der Waals surface area contributed by atoms with Crippen molar-refractivity contribution in [3.8, 4) is 0 Å². The fourth-order valence-electron chi connectivity index (χ4n) is 1.14. The molecule has 1 aliphatic heterocycles. The van der Waals surface area contributed by atoms with Gasteiger partial charge in [0, 0.05) is 19.5 Å². The van der Waals surface area contributed by atoms with Gasteiger partial charge in [0.25, 0.3) is 0 Å². The van der Waals surface area contributed by atoms with Gasteiger partial charge in [-0.1, -0.05) is 0 Å². The number of nitrogens with one attached hydrogen (secondary N) is 1. The molecule has 0 aliphatic carbocycles. The number of ether oxygens (including phenoxy) is 1. The Labute approximate surface area is 80.3 Å². The summed E-state index contributed by atoms with van der Waals surface area (Å²) in [6, 6.07) is 0. The van der Waals surface area contributed by atoms with Gasteiger partial charge in [-0.05, 0) is 6.42 Å². The van der Waals surface area contributed by atoms with Crippen molar-refractivity contribution in [3.63, 3.8) is 0 Å². The second-order valence-electron chi connectivity index (χ2n) is 3.03. The zero-order valence-electron chi connectivity index (χ0n) is 7.73. The first-order valence-electron chi connectivity index (χ1n) is 4.49. The number of rotatable bonds is 4. The lowest BCUT2D eigenvalue weighted by atomic mass is 10.3. The molecule has 0 unspecified atom stereocenters. The van der Waals surface area contributed by atoms with Gasteiger partial charge >= 0.3 is 6.18 Å². The third-order valence-corrected chi connectivity index (χ3v) is 1.72. The lowest BCUT2D eigenvalue weighted by molar-refractivity contribution is -0.173. The summed E-state index contributed by atoms with van der Waals surface area (Å²) in [7, 11) is 0. The van der Waals surface area contributed by atoms with Gasteiger partial charge in [-0.25, -0.2) is 0 Å². The van der Waals surface area contributed by atoms with Crippen LogP contribution in [0.5, 0.6) is 0 Å². The lowest BCUT2D eigenvalue weighted by Crippen LogP contribution is -2.27. The molecule has 0 radical (unpaired) electrons. The van der Waals surface area contributed by atoms with E-state index < -0.39 is 12.8 Å². The fourth-order valence-corrected chi connectivity index (χ4v) is 1.14. The van der Waals surface area contributed by atoms with Crippen molar-refractivity contribution in [1.82, 2.24) is 5.32 Å². The van der Waals surface area contributed by atoms with Crippen LogP contribution < -0.4 is 5.32 Å². The monoisotopic (exact) mass is 210 g/mol. The SMILES string of the molecule is FC(F)(F)COCCNC1=NCCC1. The zero-order chi connectivity index (χ0) is 10.4. The third kappa shape index (κ3) is 5.06. The van der Waals surface area contributed by atoms with Crippen molar-refractivity contribution in [2.24, 2.45) is 4.99 Å². The van der Waals surface area contributed by atoms with E-state index in [1.807, 2.05) is 0 Å². The van der Waals surface area contributed by atoms with Crippen LogP contribution in [0.25, 0.3) is 0 Å². The molecule has 6 heteroatoms. The number of hydrogen-bond donors (Lipinski definition) is 1. The highest BCUT2D eigenvalue weighted by Gasteiger charge is 2.27. The molecule has 1 rings (SSSR count). The Hall–Kier alpha value is -0.780. The van der Waals surface area contributed by atoms with E-state index in [2.05, 4.69) is 15.0 Å². The Morgan fingerprint density at radius 1 is 1.43 bits per heavy atom. The van der Waals surface area contributed by atoms with E-state index in [9.17, 15) is 13.2 Å². The summed E-state index contributed by atoms with van der Waals surface area (Å²) < 4.78 is 39.3. The summed E-state index contributed by atoms with van der Waals surface area (Å²) in [5.41, 5.74) is 0. The van der Waals surface area contributed by atoms with Crippen LogP contribution in [0.4, 0.5) is 13.2 Å². The molecule has 0 atom stereocenters. The summed E-state index contributed by atoms with van der Waals surface area (Å²) in [5.74, 6) is 0.876. The Morgan fingerprint density at radius 2 is 2.21 bits per heavy atom. The minimum atomic E-state index is -4.23. The molecule has 0 amide bonds. The van der Waals surface area contributed by atoms with Gasteiger partial charge in [0.2, 0.25) is 0 Å². The molecule has 1 N–H and O–H groups in total. The van der Waals surface area contributed by atoms with Crippen LogP contribution in [0, 0.1) is 0 Å². The molecule has 0 aromatic rings. The standard InChI is InChI=1S/C8H13F3N2O/c9-8(10,11)6-14-5-4-13-7-2-1-3-12-7/h1-6H2,(H,12,13). The number of halogens is 3. The minimum absolute atomic E-state index is 0.0541. The van der Waals surface area contributed by atoms with Crippen LogP contribution in [0.2, 0.25) is 0 Å². The normalized spacial score (nSPS) is 16.9. The molecule has 0 aromatic heterocycles. The van der Waals surface area contributed by atoms with Crippen LogP contribution >= 0.6 is 0 Å². The van der Waals surface area contributed by atoms with Crippen molar-refractivity contribution in [3.05, 3.63) is 0 Å². The molecular weight excluding hydrogens is 197 g/mol. The average Bonchev–Trinajstić information content (AvgIpc) is 2.54. The average molecular weight is 210 g/mol. The number of alkyl halides is 3. The Kier molecular flexibility index (Phi) is 4.19. The van der Waals surface area contributed by atoms with Crippen LogP contribution in [0.15, 0.2) is 4.99 Å². The van der Waals surface area contributed by atoms with E-state index in [1.54, 1.807) is 0 Å². The summed E-state index contributed by atoms with van der Waals surface area (Å²) in [5, 5.41) is 2.93. The molecule has 82 valence electrons. The zero-order valence-corrected chi connectivity index (χ0v) is 7.73. The highest BCUT2D eigenvalue weighted by molar-refractivity contribution is 5.83. The van der Waals surface area contributed by atoms with E-state index in [0.29, 0.717) is 6.54 Å². The third-order valence-electron chi connectivity index (χ3n) is 1.72. The summed E-state index contributed by atoms with van der Waals surface area (Å²) in [6.07, 6.45) is -2.32. The molecular formula is C8H13F3N2O. The topological polar surface area (TPSA) is 33.6 Å². The van der Waals surface area contributed by atoms with E-state index in [4.69, 9.17) is 0 Å². The predicted octanol–water partition coefficient (Wildman–Crippen LogP) is 1.35. The maximum absolute atomic E-state index is 11.6. The maximum Gasteiger partial charge on any atom is 0.411 e. The highest BCUT2D eigenvalue weighted by atomic mass is 19.4. The van der Waals surface area contributed by atoms with Crippen molar-refractivity contribution >= 4 is 5.84 Å². The molecule has 0 aromatic carbocycles. The molecule has 1 heterocycles. The molecule has 0 saturated heterocycles. The quantitative estimate of drug-likeness (QED) is 0.710. The second-order valence-corrected chi connectivity index (χ2v) is 3.03. The largest absolute Gasteiger partial charge is 0.411 e.